The van der Waals surface area contributed by atoms with Crippen LogP contribution in [0.2, 0.25) is 0 Å². The third kappa shape index (κ3) is 31.1. The van der Waals surface area contributed by atoms with Crippen LogP contribution in [0, 0.1) is 0 Å². The number of nitrogens with one attached hydrogen (secondary N) is 1. The van der Waals surface area contributed by atoms with Crippen molar-refractivity contribution in [3.8, 4) is 0 Å². The van der Waals surface area contributed by atoms with Gasteiger partial charge in [0, 0.05) is 0 Å². The fraction of sp³-hybridized carbons (Fsp3) is 0.929. The summed E-state index contributed by atoms with van der Waals surface area (Å²) in [5.74, 6) is -0.592. The Morgan fingerprint density at radius 3 is 1.25 bits per heavy atom. The molecule has 5 N–H and O–H groups in total. The zero-order chi connectivity index (χ0) is 35.3. The highest BCUT2D eigenvalue weighted by atomic mass is 16.3. The van der Waals surface area contributed by atoms with Crippen LogP contribution in [0.4, 0.5) is 0 Å². The lowest BCUT2D eigenvalue weighted by atomic mass is 10.00. The molecule has 0 aliphatic carbocycles. The summed E-state index contributed by atoms with van der Waals surface area (Å²) < 4.78 is 0. The van der Waals surface area contributed by atoms with Gasteiger partial charge in [-0.25, -0.2) is 0 Å². The van der Waals surface area contributed by atoms with E-state index in [1.807, 2.05) is 0 Å². The number of unbranched alkanes of at least 4 members (excludes halogenated alkanes) is 27. The van der Waals surface area contributed by atoms with Gasteiger partial charge in [0.1, 0.15) is 12.2 Å². The Hall–Kier alpha value is -0.950. The largest absolute Gasteiger partial charge is 0.394 e. The predicted octanol–water partition coefficient (Wildman–Crippen LogP) is 10.6. The minimum absolute atomic E-state index is 0.368. The number of carbonyl (C=O) groups excluding carboxylic acids is 1. The maximum Gasteiger partial charge on any atom is 0.249 e. The second kappa shape index (κ2) is 37.3. The van der Waals surface area contributed by atoms with Gasteiger partial charge in [-0.15, -0.1) is 0 Å². The summed E-state index contributed by atoms with van der Waals surface area (Å²) in [5, 5.41) is 43.4. The molecular weight excluding hydrogens is 598 g/mol. The van der Waals surface area contributed by atoms with E-state index in [9.17, 15) is 25.2 Å². The molecule has 0 saturated heterocycles. The molecule has 1 amide bonds. The van der Waals surface area contributed by atoms with Crippen molar-refractivity contribution < 1.29 is 25.2 Å². The summed E-state index contributed by atoms with van der Waals surface area (Å²) in [7, 11) is 0. The van der Waals surface area contributed by atoms with Crippen LogP contribution in [0.15, 0.2) is 12.2 Å². The first-order valence-electron chi connectivity index (χ1n) is 21.1. The third-order valence-corrected chi connectivity index (χ3v) is 9.98. The fourth-order valence-corrected chi connectivity index (χ4v) is 6.58. The van der Waals surface area contributed by atoms with Crippen LogP contribution in [0.5, 0.6) is 0 Å². The van der Waals surface area contributed by atoms with Crippen molar-refractivity contribution in [1.82, 2.24) is 5.32 Å². The van der Waals surface area contributed by atoms with E-state index in [-0.39, 0.29) is 0 Å². The van der Waals surface area contributed by atoms with Gasteiger partial charge in [-0.2, -0.15) is 0 Å². The summed E-state index contributed by atoms with van der Waals surface area (Å²) in [6.07, 6.45) is 39.8. The van der Waals surface area contributed by atoms with Crippen molar-refractivity contribution in [2.45, 2.75) is 244 Å². The van der Waals surface area contributed by atoms with E-state index in [0.717, 1.165) is 38.5 Å². The smallest absolute Gasteiger partial charge is 0.249 e. The Bertz CT molecular complexity index is 687. The lowest BCUT2D eigenvalue weighted by Crippen LogP contribution is -2.53. The van der Waals surface area contributed by atoms with E-state index in [4.69, 9.17) is 0 Å². The molecule has 6 nitrogen and oxygen atoms in total. The molecule has 0 aromatic rings. The van der Waals surface area contributed by atoms with Gasteiger partial charge in [0.25, 0.3) is 0 Å². The molecule has 0 bridgehead atoms. The average molecular weight is 682 g/mol. The molecule has 0 radical (unpaired) electrons. The van der Waals surface area contributed by atoms with E-state index in [1.54, 1.807) is 0 Å². The predicted molar refractivity (Wildman–Crippen MR) is 205 cm³/mol. The van der Waals surface area contributed by atoms with Gasteiger partial charge in [-0.05, 0) is 38.5 Å². The van der Waals surface area contributed by atoms with Gasteiger partial charge in [-0.1, -0.05) is 193 Å². The Morgan fingerprint density at radius 1 is 0.500 bits per heavy atom. The van der Waals surface area contributed by atoms with Gasteiger partial charge >= 0.3 is 0 Å². The number of carbonyl (C=O) groups is 1. The molecule has 48 heavy (non-hydrogen) atoms. The minimum atomic E-state index is -1.27. The number of aliphatic hydroxyl groups excluding tert-OH is 4. The lowest BCUT2D eigenvalue weighted by Gasteiger charge is -2.27. The zero-order valence-electron chi connectivity index (χ0n) is 32.0. The van der Waals surface area contributed by atoms with Crippen LogP contribution in [0.3, 0.4) is 0 Å². The maximum absolute atomic E-state index is 12.4. The van der Waals surface area contributed by atoms with Crippen LogP contribution in [0.1, 0.15) is 219 Å². The number of allylic oxidation sites excluding steroid dienone is 2. The first-order valence-corrected chi connectivity index (χ1v) is 21.1. The van der Waals surface area contributed by atoms with Crippen molar-refractivity contribution >= 4 is 5.91 Å². The Balaban J connectivity index is 3.64. The van der Waals surface area contributed by atoms with Crippen LogP contribution in [-0.4, -0.2) is 57.3 Å². The Labute approximate surface area is 298 Å². The average Bonchev–Trinajstić information content (AvgIpc) is 3.09. The van der Waals surface area contributed by atoms with Gasteiger partial charge in [0.15, 0.2) is 0 Å². The number of amides is 1. The second-order valence-corrected chi connectivity index (χ2v) is 14.7. The van der Waals surface area contributed by atoms with Crippen molar-refractivity contribution in [1.29, 1.82) is 0 Å². The summed E-state index contributed by atoms with van der Waals surface area (Å²) in [6, 6.07) is -0.995. The topological polar surface area (TPSA) is 110 Å². The number of aliphatic hydroxyl groups is 4. The Kier molecular flexibility index (Phi) is 36.6. The highest BCUT2D eigenvalue weighted by Gasteiger charge is 2.28. The molecule has 4 atom stereocenters. The second-order valence-electron chi connectivity index (χ2n) is 14.7. The standard InChI is InChI=1S/C42H83NO5/c1-3-5-7-9-11-13-14-15-16-17-18-19-20-21-22-23-24-25-26-28-30-32-34-36-40(46)42(48)43-38(37-44)41(47)39(45)35-33-31-29-27-12-10-8-6-4-2/h27,29,38-41,44-47H,3-26,28,30-37H2,1-2H3,(H,43,48)/b29-27+/t38-,39+,40+,41-/m0/s1. The van der Waals surface area contributed by atoms with Gasteiger partial charge in [0.05, 0.1) is 18.8 Å². The number of rotatable bonds is 38. The summed E-state index contributed by atoms with van der Waals surface area (Å²) in [5.41, 5.74) is 0. The highest BCUT2D eigenvalue weighted by molar-refractivity contribution is 5.80. The van der Waals surface area contributed by atoms with Crippen LogP contribution in [-0.2, 0) is 4.79 Å². The first kappa shape index (κ1) is 47.0. The minimum Gasteiger partial charge on any atom is -0.394 e. The van der Waals surface area contributed by atoms with Crippen LogP contribution < -0.4 is 5.32 Å². The first-order chi connectivity index (χ1) is 23.5. The van der Waals surface area contributed by atoms with Crippen LogP contribution in [0.25, 0.3) is 0 Å². The monoisotopic (exact) mass is 682 g/mol. The van der Waals surface area contributed by atoms with E-state index in [1.165, 1.54) is 154 Å². The van der Waals surface area contributed by atoms with Crippen molar-refractivity contribution in [3.63, 3.8) is 0 Å². The molecule has 6 heteroatoms. The normalized spacial score (nSPS) is 14.4. The molecule has 0 unspecified atom stereocenters. The van der Waals surface area contributed by atoms with Gasteiger partial charge in [-0.3, -0.25) is 4.79 Å². The molecule has 0 spiro atoms. The molecule has 0 aromatic carbocycles. The highest BCUT2D eigenvalue weighted by Crippen LogP contribution is 2.16. The third-order valence-electron chi connectivity index (χ3n) is 9.98. The van der Waals surface area contributed by atoms with Gasteiger partial charge in [0.2, 0.25) is 5.91 Å². The fourth-order valence-electron chi connectivity index (χ4n) is 6.58. The number of hydrogen-bond acceptors (Lipinski definition) is 5. The van der Waals surface area contributed by atoms with Crippen molar-refractivity contribution in [2.24, 2.45) is 0 Å². The lowest BCUT2D eigenvalue weighted by molar-refractivity contribution is -0.132. The molecule has 0 fully saturated rings. The maximum atomic E-state index is 12.4. The zero-order valence-corrected chi connectivity index (χ0v) is 32.0. The summed E-state index contributed by atoms with van der Waals surface area (Å²) in [4.78, 5) is 12.4. The Morgan fingerprint density at radius 2 is 0.854 bits per heavy atom. The van der Waals surface area contributed by atoms with Crippen molar-refractivity contribution in [3.05, 3.63) is 12.2 Å². The van der Waals surface area contributed by atoms with Crippen molar-refractivity contribution in [2.75, 3.05) is 6.61 Å². The quantitative estimate of drug-likeness (QED) is 0.0329. The summed E-state index contributed by atoms with van der Waals surface area (Å²) >= 11 is 0. The molecule has 0 heterocycles. The molecular formula is C42H83NO5. The van der Waals surface area contributed by atoms with E-state index >= 15 is 0 Å². The van der Waals surface area contributed by atoms with E-state index < -0.39 is 36.9 Å². The van der Waals surface area contributed by atoms with E-state index in [0.29, 0.717) is 12.8 Å². The van der Waals surface area contributed by atoms with E-state index in [2.05, 4.69) is 31.3 Å². The molecule has 0 aliphatic heterocycles. The molecule has 0 aromatic heterocycles. The van der Waals surface area contributed by atoms with Crippen LogP contribution >= 0.6 is 0 Å². The molecule has 0 aliphatic rings. The summed E-state index contributed by atoms with van der Waals surface area (Å²) in [6.45, 7) is 4.00. The number of hydrogen-bond donors (Lipinski definition) is 5. The van der Waals surface area contributed by atoms with Gasteiger partial charge < -0.3 is 25.7 Å². The molecule has 0 saturated carbocycles. The molecule has 286 valence electrons. The SMILES string of the molecule is CCCCCC/C=C/CCC[C@@H](O)[C@@H](O)[C@H](CO)NC(=O)[C@H](O)CCCCCCCCCCCCCCCCCCCCCCCCC. The molecule has 0 rings (SSSR count).